The molecule has 0 fully saturated rings. The number of thioether (sulfide) groups is 1. The quantitative estimate of drug-likeness (QED) is 0.644. The molecule has 0 aliphatic heterocycles. The molecule has 0 aromatic rings. The summed E-state index contributed by atoms with van der Waals surface area (Å²) < 4.78 is 0.604. The number of halogens is 1. The fourth-order valence-electron chi connectivity index (χ4n) is 0.505. The van der Waals surface area contributed by atoms with E-state index in [9.17, 15) is 0 Å². The van der Waals surface area contributed by atoms with Gasteiger partial charge in [0.05, 0.1) is 4.16 Å². The van der Waals surface area contributed by atoms with Crippen LogP contribution in [-0.4, -0.2) is 4.16 Å². The maximum atomic E-state index is 3.58. The summed E-state index contributed by atoms with van der Waals surface area (Å²) in [6.07, 6.45) is 2.49. The summed E-state index contributed by atoms with van der Waals surface area (Å²) in [5.41, 5.74) is 1.38. The second-order valence-electron chi connectivity index (χ2n) is 2.53. The molecule has 0 spiro atoms. The van der Waals surface area contributed by atoms with E-state index in [4.69, 9.17) is 0 Å². The molecule has 0 heterocycles. The van der Waals surface area contributed by atoms with E-state index in [-0.39, 0.29) is 0 Å². The average Bonchev–Trinajstić information content (AvgIpc) is 1.85. The molecule has 0 nitrogen and oxygen atoms in total. The maximum Gasteiger partial charge on any atom is 0.0641 e. The molecule has 0 aromatic carbocycles. The first-order valence-corrected chi connectivity index (χ1v) is 5.45. The van der Waals surface area contributed by atoms with Crippen LogP contribution in [-0.2, 0) is 0 Å². The first-order valence-electron chi connectivity index (χ1n) is 3.59. The van der Waals surface area contributed by atoms with Crippen LogP contribution >= 0.6 is 27.7 Å². The van der Waals surface area contributed by atoms with Crippen LogP contribution in [0.1, 0.15) is 33.6 Å². The fraction of sp³-hybridized carbons (Fsp3) is 0.750. The van der Waals surface area contributed by atoms with Gasteiger partial charge in [0.15, 0.2) is 0 Å². The smallest absolute Gasteiger partial charge is 0.0641 e. The summed E-state index contributed by atoms with van der Waals surface area (Å²) in [6, 6.07) is 0. The second-order valence-corrected chi connectivity index (χ2v) is 5.32. The van der Waals surface area contributed by atoms with Crippen LogP contribution < -0.4 is 0 Å². The van der Waals surface area contributed by atoms with Gasteiger partial charge in [-0.1, -0.05) is 34.8 Å². The van der Waals surface area contributed by atoms with Gasteiger partial charge in [-0.05, 0) is 25.7 Å². The highest BCUT2D eigenvalue weighted by Crippen LogP contribution is 2.24. The summed E-state index contributed by atoms with van der Waals surface area (Å²) in [5, 5.41) is 2.20. The van der Waals surface area contributed by atoms with E-state index >= 15 is 0 Å². The maximum absolute atomic E-state index is 3.58. The summed E-state index contributed by atoms with van der Waals surface area (Å²) in [7, 11) is 0. The summed E-state index contributed by atoms with van der Waals surface area (Å²) in [6.45, 7) is 6.45. The Morgan fingerprint density at radius 3 is 2.60 bits per heavy atom. The molecular formula is C8H15BrS. The van der Waals surface area contributed by atoms with E-state index in [2.05, 4.69) is 42.1 Å². The van der Waals surface area contributed by atoms with Gasteiger partial charge >= 0.3 is 0 Å². The lowest BCUT2D eigenvalue weighted by Crippen LogP contribution is -1.86. The molecular weight excluding hydrogens is 208 g/mol. The predicted octanol–water partition coefficient (Wildman–Crippen LogP) is 4.16. The van der Waals surface area contributed by atoms with Crippen molar-refractivity contribution in [2.45, 2.75) is 37.8 Å². The molecule has 0 N–H and O–H groups in total. The molecule has 0 aromatic heterocycles. The van der Waals surface area contributed by atoms with Crippen molar-refractivity contribution in [3.63, 3.8) is 0 Å². The van der Waals surface area contributed by atoms with Crippen LogP contribution in [0.25, 0.3) is 0 Å². The SMILES string of the molecule is CCCC(Br)SC=C(C)C. The lowest BCUT2D eigenvalue weighted by molar-refractivity contribution is 0.878. The minimum absolute atomic E-state index is 0.604. The average molecular weight is 223 g/mol. The Morgan fingerprint density at radius 1 is 1.60 bits per heavy atom. The number of allylic oxidation sites excluding steroid dienone is 1. The van der Waals surface area contributed by atoms with E-state index in [1.807, 2.05) is 11.8 Å². The van der Waals surface area contributed by atoms with Crippen molar-refractivity contribution in [1.29, 1.82) is 0 Å². The zero-order chi connectivity index (χ0) is 7.98. The Morgan fingerprint density at radius 2 is 2.20 bits per heavy atom. The predicted molar refractivity (Wildman–Crippen MR) is 54.6 cm³/mol. The molecule has 0 amide bonds. The summed E-state index contributed by atoms with van der Waals surface area (Å²) >= 11 is 5.45. The molecule has 10 heavy (non-hydrogen) atoms. The summed E-state index contributed by atoms with van der Waals surface area (Å²) in [5.74, 6) is 0. The number of alkyl halides is 1. The van der Waals surface area contributed by atoms with Crippen molar-refractivity contribution in [1.82, 2.24) is 0 Å². The fourth-order valence-corrected chi connectivity index (χ4v) is 2.08. The van der Waals surface area contributed by atoms with Crippen LogP contribution in [0, 0.1) is 0 Å². The van der Waals surface area contributed by atoms with E-state index < -0.39 is 0 Å². The molecule has 0 aliphatic carbocycles. The Bertz CT molecular complexity index is 106. The van der Waals surface area contributed by atoms with Gasteiger partial charge in [-0.15, -0.1) is 11.8 Å². The standard InChI is InChI=1S/C8H15BrS/c1-4-5-8(9)10-6-7(2)3/h6,8H,4-5H2,1-3H3. The third-order valence-corrected chi connectivity index (χ3v) is 3.21. The normalized spacial score (nSPS) is 12.8. The Hall–Kier alpha value is 0.570. The molecule has 0 saturated heterocycles. The highest BCUT2D eigenvalue weighted by molar-refractivity contribution is 9.11. The minimum atomic E-state index is 0.604. The molecule has 60 valence electrons. The topological polar surface area (TPSA) is 0 Å². The molecule has 2 heteroatoms. The second kappa shape index (κ2) is 6.29. The van der Waals surface area contributed by atoms with E-state index in [1.54, 1.807) is 0 Å². The van der Waals surface area contributed by atoms with Crippen LogP contribution in [0.3, 0.4) is 0 Å². The van der Waals surface area contributed by atoms with Gasteiger partial charge in [0.25, 0.3) is 0 Å². The molecule has 0 aliphatic rings. The monoisotopic (exact) mass is 222 g/mol. The number of rotatable bonds is 4. The first kappa shape index (κ1) is 10.6. The number of hydrogen-bond donors (Lipinski definition) is 0. The third kappa shape index (κ3) is 6.69. The van der Waals surface area contributed by atoms with Gasteiger partial charge in [0, 0.05) is 0 Å². The lowest BCUT2D eigenvalue weighted by Gasteiger charge is -2.03. The molecule has 0 saturated carbocycles. The molecule has 0 rings (SSSR count). The third-order valence-electron chi connectivity index (χ3n) is 0.967. The van der Waals surface area contributed by atoms with E-state index in [0.29, 0.717) is 4.16 Å². The van der Waals surface area contributed by atoms with Crippen molar-refractivity contribution >= 4 is 27.7 Å². The van der Waals surface area contributed by atoms with Gasteiger partial charge in [-0.2, -0.15) is 0 Å². The molecule has 1 atom stereocenters. The van der Waals surface area contributed by atoms with E-state index in [0.717, 1.165) is 0 Å². The van der Waals surface area contributed by atoms with Crippen molar-refractivity contribution < 1.29 is 0 Å². The van der Waals surface area contributed by atoms with Gasteiger partial charge < -0.3 is 0 Å². The zero-order valence-electron chi connectivity index (χ0n) is 6.86. The van der Waals surface area contributed by atoms with Crippen molar-refractivity contribution in [3.05, 3.63) is 11.0 Å². The van der Waals surface area contributed by atoms with Crippen LogP contribution in [0.15, 0.2) is 11.0 Å². The Kier molecular flexibility index (Phi) is 6.65. The highest BCUT2D eigenvalue weighted by atomic mass is 79.9. The van der Waals surface area contributed by atoms with Gasteiger partial charge in [-0.3, -0.25) is 0 Å². The molecule has 0 radical (unpaired) electrons. The summed E-state index contributed by atoms with van der Waals surface area (Å²) in [4.78, 5) is 0. The molecule has 0 bridgehead atoms. The largest absolute Gasteiger partial charge is 0.119 e. The van der Waals surface area contributed by atoms with Gasteiger partial charge in [0.1, 0.15) is 0 Å². The van der Waals surface area contributed by atoms with Crippen molar-refractivity contribution in [2.75, 3.05) is 0 Å². The Balaban J connectivity index is 3.38. The lowest BCUT2D eigenvalue weighted by atomic mass is 10.4. The van der Waals surface area contributed by atoms with Crippen LogP contribution in [0.5, 0.6) is 0 Å². The first-order chi connectivity index (χ1) is 4.66. The molecule has 1 unspecified atom stereocenters. The van der Waals surface area contributed by atoms with Crippen LogP contribution in [0.4, 0.5) is 0 Å². The Labute approximate surface area is 76.6 Å². The minimum Gasteiger partial charge on any atom is -0.119 e. The highest BCUT2D eigenvalue weighted by Gasteiger charge is 1.98. The zero-order valence-corrected chi connectivity index (χ0v) is 9.26. The number of hydrogen-bond acceptors (Lipinski definition) is 1. The van der Waals surface area contributed by atoms with Gasteiger partial charge in [0.2, 0.25) is 0 Å². The van der Waals surface area contributed by atoms with Crippen molar-refractivity contribution in [3.8, 4) is 0 Å². The van der Waals surface area contributed by atoms with Gasteiger partial charge in [-0.25, -0.2) is 0 Å². The van der Waals surface area contributed by atoms with E-state index in [1.165, 1.54) is 18.4 Å². The van der Waals surface area contributed by atoms with Crippen molar-refractivity contribution in [2.24, 2.45) is 0 Å². The van der Waals surface area contributed by atoms with Crippen LogP contribution in [0.2, 0.25) is 0 Å².